The molecule has 1 aromatic heterocycles. The van der Waals surface area contributed by atoms with E-state index in [1.54, 1.807) is 0 Å². The van der Waals surface area contributed by atoms with Crippen molar-refractivity contribution in [2.24, 2.45) is 11.5 Å². The van der Waals surface area contributed by atoms with Crippen LogP contribution in [0.4, 0.5) is 0 Å². The second-order valence-corrected chi connectivity index (χ2v) is 8.78. The predicted molar refractivity (Wildman–Crippen MR) is 127 cm³/mol. The number of amides is 4. The van der Waals surface area contributed by atoms with Gasteiger partial charge in [-0.3, -0.25) is 24.0 Å². The van der Waals surface area contributed by atoms with E-state index >= 15 is 0 Å². The first-order chi connectivity index (χ1) is 16.9. The van der Waals surface area contributed by atoms with Gasteiger partial charge in [0.25, 0.3) is 0 Å². The molecule has 1 heterocycles. The Kier molecular flexibility index (Phi) is 13.0. The van der Waals surface area contributed by atoms with Gasteiger partial charge in [0.05, 0.1) is 18.8 Å². The van der Waals surface area contributed by atoms with Gasteiger partial charge in [-0.25, -0.2) is 9.78 Å². The molecule has 0 aliphatic rings. The molecule has 4 unspecified atom stereocenters. The third-order valence-electron chi connectivity index (χ3n) is 4.88. The van der Waals surface area contributed by atoms with E-state index in [2.05, 4.69) is 25.9 Å². The summed E-state index contributed by atoms with van der Waals surface area (Å²) >= 11 is 1.47. The Hall–Kier alpha value is -3.66. The van der Waals surface area contributed by atoms with E-state index in [1.807, 2.05) is 6.26 Å². The minimum atomic E-state index is -1.65. The number of carboxylic acid groups (broad SMARTS) is 2. The van der Waals surface area contributed by atoms with Crippen molar-refractivity contribution in [3.63, 3.8) is 0 Å². The number of carbonyl (C=O) groups excluding carboxylic acids is 4. The molecule has 0 spiro atoms. The average Bonchev–Trinajstić information content (AvgIpc) is 3.31. The molecule has 16 heteroatoms. The van der Waals surface area contributed by atoms with Crippen molar-refractivity contribution in [2.75, 3.05) is 12.0 Å². The maximum absolute atomic E-state index is 13.0. The van der Waals surface area contributed by atoms with Gasteiger partial charge in [-0.05, 0) is 24.9 Å². The van der Waals surface area contributed by atoms with Gasteiger partial charge in [0.2, 0.25) is 23.6 Å². The van der Waals surface area contributed by atoms with Crippen molar-refractivity contribution >= 4 is 47.3 Å². The molecule has 0 aromatic carbocycles. The van der Waals surface area contributed by atoms with Crippen LogP contribution in [-0.2, 0) is 35.2 Å². The fourth-order valence-corrected chi connectivity index (χ4v) is 3.45. The van der Waals surface area contributed by atoms with Crippen LogP contribution in [0.5, 0.6) is 0 Å². The fraction of sp³-hybridized carbons (Fsp3) is 0.550. The predicted octanol–water partition coefficient (Wildman–Crippen LogP) is -2.69. The van der Waals surface area contributed by atoms with Gasteiger partial charge in [-0.1, -0.05) is 0 Å². The minimum Gasteiger partial charge on any atom is -0.481 e. The van der Waals surface area contributed by atoms with E-state index in [0.29, 0.717) is 17.9 Å². The molecule has 4 atom stereocenters. The zero-order valence-electron chi connectivity index (χ0n) is 19.6. The highest BCUT2D eigenvalue weighted by molar-refractivity contribution is 7.98. The minimum absolute atomic E-state index is 0.159. The van der Waals surface area contributed by atoms with Crippen LogP contribution in [0, 0.1) is 0 Å². The lowest BCUT2D eigenvalue weighted by atomic mass is 10.1. The van der Waals surface area contributed by atoms with Gasteiger partial charge < -0.3 is 42.6 Å². The smallest absolute Gasteiger partial charge is 0.326 e. The molecule has 10 N–H and O–H groups in total. The summed E-state index contributed by atoms with van der Waals surface area (Å²) in [5.41, 5.74) is 11.3. The Morgan fingerprint density at radius 1 is 1.00 bits per heavy atom. The van der Waals surface area contributed by atoms with E-state index in [1.165, 1.54) is 24.3 Å². The average molecular weight is 530 g/mol. The molecule has 0 aliphatic carbocycles. The van der Waals surface area contributed by atoms with Crippen molar-refractivity contribution in [2.45, 2.75) is 56.3 Å². The highest BCUT2D eigenvalue weighted by Crippen LogP contribution is 2.06. The molecule has 1 aromatic rings. The third-order valence-corrected chi connectivity index (χ3v) is 5.53. The van der Waals surface area contributed by atoms with Gasteiger partial charge in [-0.15, -0.1) is 0 Å². The van der Waals surface area contributed by atoms with Crippen molar-refractivity contribution < 1.29 is 39.0 Å². The summed E-state index contributed by atoms with van der Waals surface area (Å²) in [7, 11) is 0. The lowest BCUT2D eigenvalue weighted by Gasteiger charge is -2.24. The number of imidazole rings is 1. The molecular formula is C20H31N7O8S. The number of nitrogens with one attached hydrogen (secondary N) is 4. The topological polar surface area (TPSA) is 260 Å². The van der Waals surface area contributed by atoms with Crippen LogP contribution in [0.1, 0.15) is 31.4 Å². The van der Waals surface area contributed by atoms with E-state index in [4.69, 9.17) is 16.6 Å². The number of hydrogen-bond donors (Lipinski definition) is 8. The van der Waals surface area contributed by atoms with E-state index in [9.17, 15) is 33.9 Å². The number of primary amides is 1. The normalized spacial score (nSPS) is 14.1. The van der Waals surface area contributed by atoms with Crippen LogP contribution in [0.25, 0.3) is 0 Å². The number of H-pyrrole nitrogens is 1. The molecule has 0 radical (unpaired) electrons. The number of hydrogen-bond acceptors (Lipinski definition) is 9. The molecule has 4 amide bonds. The molecule has 0 saturated heterocycles. The standard InChI is InChI=1S/C20H31N7O8S/c1-36-5-4-11(21)17(31)25-12(2-3-16(29)30)18(32)26-13(6-10-8-23-9-24-10)19(33)27-14(20(34)35)7-15(22)28/h8-9,11-14H,2-7,21H2,1H3,(H2,22,28)(H,23,24)(H,25,31)(H,26,32)(H,27,33)(H,29,30)(H,34,35). The number of thioether (sulfide) groups is 1. The van der Waals surface area contributed by atoms with Crippen LogP contribution >= 0.6 is 11.8 Å². The first-order valence-electron chi connectivity index (χ1n) is 10.8. The van der Waals surface area contributed by atoms with Gasteiger partial charge in [0, 0.05) is 24.7 Å². The van der Waals surface area contributed by atoms with Gasteiger partial charge in [0.1, 0.15) is 18.1 Å². The summed E-state index contributed by atoms with van der Waals surface area (Å²) in [4.78, 5) is 78.5. The van der Waals surface area contributed by atoms with Gasteiger partial charge in [0.15, 0.2) is 0 Å². The maximum Gasteiger partial charge on any atom is 0.326 e. The zero-order chi connectivity index (χ0) is 27.3. The van der Waals surface area contributed by atoms with Crippen LogP contribution in [0.15, 0.2) is 12.5 Å². The van der Waals surface area contributed by atoms with Crippen LogP contribution < -0.4 is 27.4 Å². The molecule has 1 rings (SSSR count). The summed E-state index contributed by atoms with van der Waals surface area (Å²) < 4.78 is 0. The molecule has 0 bridgehead atoms. The van der Waals surface area contributed by atoms with Crippen LogP contribution in [0.2, 0.25) is 0 Å². The number of aromatic amines is 1. The molecule has 15 nitrogen and oxygen atoms in total. The van der Waals surface area contributed by atoms with Crippen LogP contribution in [0.3, 0.4) is 0 Å². The third kappa shape index (κ3) is 11.2. The number of carboxylic acids is 2. The summed E-state index contributed by atoms with van der Waals surface area (Å²) in [6.07, 6.45) is 3.25. The first-order valence-corrected chi connectivity index (χ1v) is 12.2. The Morgan fingerprint density at radius 3 is 2.14 bits per heavy atom. The number of rotatable bonds is 17. The lowest BCUT2D eigenvalue weighted by Crippen LogP contribution is -2.58. The molecule has 0 saturated carbocycles. The highest BCUT2D eigenvalue weighted by atomic mass is 32.2. The van der Waals surface area contributed by atoms with Gasteiger partial charge in [-0.2, -0.15) is 11.8 Å². The summed E-state index contributed by atoms with van der Waals surface area (Å²) in [5.74, 6) is -5.61. The number of aromatic nitrogens is 2. The van der Waals surface area contributed by atoms with Crippen LogP contribution in [-0.4, -0.2) is 91.9 Å². The van der Waals surface area contributed by atoms with Crippen molar-refractivity contribution in [1.29, 1.82) is 0 Å². The Labute approximate surface area is 210 Å². The summed E-state index contributed by atoms with van der Waals surface area (Å²) in [5, 5.41) is 25.3. The Balaban J connectivity index is 3.07. The summed E-state index contributed by atoms with van der Waals surface area (Å²) in [6.45, 7) is 0. The van der Waals surface area contributed by atoms with E-state index in [0.717, 1.165) is 0 Å². The van der Waals surface area contributed by atoms with Crippen molar-refractivity contribution in [3.05, 3.63) is 18.2 Å². The SMILES string of the molecule is CSCCC(N)C(=O)NC(CCC(=O)O)C(=O)NC(Cc1cnc[nH]1)C(=O)NC(CC(N)=O)C(=O)O. The molecule has 0 aliphatic heterocycles. The van der Waals surface area contributed by atoms with E-state index in [-0.39, 0.29) is 12.8 Å². The Bertz CT molecular complexity index is 927. The number of aliphatic carboxylic acids is 2. The van der Waals surface area contributed by atoms with Crippen molar-refractivity contribution in [3.8, 4) is 0 Å². The second-order valence-electron chi connectivity index (χ2n) is 7.79. The number of nitrogens with zero attached hydrogens (tertiary/aromatic N) is 1. The van der Waals surface area contributed by atoms with Crippen molar-refractivity contribution in [1.82, 2.24) is 25.9 Å². The molecular weight excluding hydrogens is 498 g/mol. The number of carbonyl (C=O) groups is 6. The first kappa shape index (κ1) is 30.4. The fourth-order valence-electron chi connectivity index (χ4n) is 2.96. The molecule has 0 fully saturated rings. The molecule has 36 heavy (non-hydrogen) atoms. The number of nitrogens with two attached hydrogens (primary N) is 2. The Morgan fingerprint density at radius 2 is 1.61 bits per heavy atom. The zero-order valence-corrected chi connectivity index (χ0v) is 20.4. The molecule has 200 valence electrons. The second kappa shape index (κ2) is 15.4. The highest BCUT2D eigenvalue weighted by Gasteiger charge is 2.31. The van der Waals surface area contributed by atoms with Gasteiger partial charge >= 0.3 is 11.9 Å². The largest absolute Gasteiger partial charge is 0.481 e. The lowest BCUT2D eigenvalue weighted by molar-refractivity contribution is -0.143. The maximum atomic E-state index is 13.0. The monoisotopic (exact) mass is 529 g/mol. The summed E-state index contributed by atoms with van der Waals surface area (Å²) in [6, 6.07) is -5.30. The van der Waals surface area contributed by atoms with E-state index < -0.39 is 72.6 Å². The quantitative estimate of drug-likeness (QED) is 0.103.